The molecule has 7 nitrogen and oxygen atoms in total. The molecule has 7 heteroatoms. The number of hydrogen-bond donors (Lipinski definition) is 1. The Balaban J connectivity index is 1.57. The highest BCUT2D eigenvalue weighted by Crippen LogP contribution is 2.43. The van der Waals surface area contributed by atoms with Crippen molar-refractivity contribution in [1.29, 1.82) is 0 Å². The lowest BCUT2D eigenvalue weighted by Crippen LogP contribution is -2.73. The predicted octanol–water partition coefficient (Wildman–Crippen LogP) is 1.96. The van der Waals surface area contributed by atoms with E-state index < -0.39 is 0 Å². The number of piperazine rings is 1. The van der Waals surface area contributed by atoms with E-state index in [-0.39, 0.29) is 48.9 Å². The Morgan fingerprint density at radius 3 is 2.44 bits per heavy atom. The summed E-state index contributed by atoms with van der Waals surface area (Å²) in [5.41, 5.74) is 3.60. The molecule has 3 amide bonds. The Kier molecular flexibility index (Phi) is 6.02. The molecular weight excluding hydrogens is 406 g/mol. The first-order valence-electron chi connectivity index (χ1n) is 11.0. The van der Waals surface area contributed by atoms with E-state index in [0.29, 0.717) is 18.5 Å². The third-order valence-electron chi connectivity index (χ3n) is 6.55. The van der Waals surface area contributed by atoms with Gasteiger partial charge in [0.2, 0.25) is 11.8 Å². The van der Waals surface area contributed by atoms with E-state index in [4.69, 9.17) is 0 Å². The van der Waals surface area contributed by atoms with E-state index in [2.05, 4.69) is 0 Å². The highest BCUT2D eigenvalue weighted by atomic mass is 16.3. The zero-order valence-electron chi connectivity index (χ0n) is 18.7. The molecule has 0 spiro atoms. The quantitative estimate of drug-likeness (QED) is 0.779. The summed E-state index contributed by atoms with van der Waals surface area (Å²) < 4.78 is 0. The van der Waals surface area contributed by atoms with Crippen molar-refractivity contribution in [2.75, 3.05) is 33.8 Å². The molecule has 0 aromatic heterocycles. The zero-order valence-corrected chi connectivity index (χ0v) is 18.7. The van der Waals surface area contributed by atoms with Crippen LogP contribution in [-0.2, 0) is 9.59 Å². The van der Waals surface area contributed by atoms with Crippen LogP contribution >= 0.6 is 0 Å². The molecule has 0 bridgehead atoms. The van der Waals surface area contributed by atoms with Gasteiger partial charge >= 0.3 is 0 Å². The molecule has 2 aromatic carbocycles. The highest BCUT2D eigenvalue weighted by molar-refractivity contribution is 5.95. The van der Waals surface area contributed by atoms with Crippen LogP contribution in [0.25, 0.3) is 11.1 Å². The van der Waals surface area contributed by atoms with Gasteiger partial charge in [0, 0.05) is 38.5 Å². The largest absolute Gasteiger partial charge is 0.394 e. The molecule has 0 radical (unpaired) electrons. The van der Waals surface area contributed by atoms with E-state index in [1.165, 1.54) is 0 Å². The lowest BCUT2D eigenvalue weighted by molar-refractivity contribution is -0.166. The highest BCUT2D eigenvalue weighted by Gasteiger charge is 2.54. The number of carbonyl (C=O) groups excluding carboxylic acids is 3. The maximum atomic E-state index is 12.6. The van der Waals surface area contributed by atoms with Crippen molar-refractivity contribution in [3.05, 3.63) is 59.7 Å². The Hall–Kier alpha value is -3.19. The summed E-state index contributed by atoms with van der Waals surface area (Å²) in [5, 5.41) is 9.95. The van der Waals surface area contributed by atoms with Gasteiger partial charge in [-0.05, 0) is 28.8 Å². The second-order valence-electron chi connectivity index (χ2n) is 8.67. The SMILES string of the molecule is CCC(=O)N1CC(=O)N2[C@H](C1)[C@H](c1ccc(-c3cccc(C(=O)N(C)C)c3)cc1)[C@@H]2CO. The molecule has 0 unspecified atom stereocenters. The number of fused-ring (bicyclic) bond motifs is 1. The minimum atomic E-state index is -0.265. The van der Waals surface area contributed by atoms with Crippen molar-refractivity contribution in [1.82, 2.24) is 14.7 Å². The minimum absolute atomic E-state index is 0.0212. The van der Waals surface area contributed by atoms with E-state index in [0.717, 1.165) is 16.7 Å². The average molecular weight is 436 g/mol. The van der Waals surface area contributed by atoms with Gasteiger partial charge in [0.05, 0.1) is 25.2 Å². The van der Waals surface area contributed by atoms with Gasteiger partial charge in [0.25, 0.3) is 5.91 Å². The third-order valence-corrected chi connectivity index (χ3v) is 6.55. The van der Waals surface area contributed by atoms with E-state index in [1.807, 2.05) is 42.5 Å². The summed E-state index contributed by atoms with van der Waals surface area (Å²) in [6, 6.07) is 15.2. The standard InChI is InChI=1S/C25H29N3O4/c1-4-22(30)27-13-20-24(21(15-29)28(20)23(31)14-27)17-10-8-16(9-11-17)18-6-5-7-19(12-18)25(32)26(2)3/h5-12,20-21,24,29H,4,13-15H2,1-3H3/t20-,21+,24+/m1/s1. The fourth-order valence-electron chi connectivity index (χ4n) is 4.90. The fourth-order valence-corrected chi connectivity index (χ4v) is 4.90. The smallest absolute Gasteiger partial charge is 0.253 e. The first-order chi connectivity index (χ1) is 15.3. The Morgan fingerprint density at radius 1 is 1.09 bits per heavy atom. The molecule has 32 heavy (non-hydrogen) atoms. The number of carbonyl (C=O) groups is 3. The van der Waals surface area contributed by atoms with Crippen molar-refractivity contribution in [3.63, 3.8) is 0 Å². The van der Waals surface area contributed by atoms with Gasteiger partial charge in [-0.1, -0.05) is 43.3 Å². The first-order valence-corrected chi connectivity index (χ1v) is 11.0. The Morgan fingerprint density at radius 2 is 1.81 bits per heavy atom. The van der Waals surface area contributed by atoms with Crippen molar-refractivity contribution < 1.29 is 19.5 Å². The summed E-state index contributed by atoms with van der Waals surface area (Å²) in [6.07, 6.45) is 0.373. The van der Waals surface area contributed by atoms with Gasteiger partial charge in [0.15, 0.2) is 0 Å². The number of hydrogen-bond acceptors (Lipinski definition) is 4. The molecule has 3 atom stereocenters. The number of benzene rings is 2. The second-order valence-corrected chi connectivity index (χ2v) is 8.67. The maximum absolute atomic E-state index is 12.6. The van der Waals surface area contributed by atoms with Crippen LogP contribution < -0.4 is 0 Å². The Labute approximate surface area is 188 Å². The van der Waals surface area contributed by atoms with Crippen LogP contribution in [-0.4, -0.2) is 83.4 Å². The van der Waals surface area contributed by atoms with Crippen molar-refractivity contribution in [3.8, 4) is 11.1 Å². The van der Waals surface area contributed by atoms with Gasteiger partial charge in [-0.3, -0.25) is 14.4 Å². The molecule has 2 aliphatic rings. The van der Waals surface area contributed by atoms with Crippen LogP contribution in [0.1, 0.15) is 35.2 Å². The van der Waals surface area contributed by atoms with E-state index in [1.54, 1.807) is 41.8 Å². The topological polar surface area (TPSA) is 81.2 Å². The lowest BCUT2D eigenvalue weighted by atomic mass is 9.73. The van der Waals surface area contributed by atoms with Crippen molar-refractivity contribution >= 4 is 17.7 Å². The number of aliphatic hydroxyl groups is 1. The number of amides is 3. The monoisotopic (exact) mass is 435 g/mol. The number of aliphatic hydroxyl groups excluding tert-OH is 1. The van der Waals surface area contributed by atoms with Crippen LogP contribution in [0.2, 0.25) is 0 Å². The van der Waals surface area contributed by atoms with Crippen molar-refractivity contribution in [2.45, 2.75) is 31.3 Å². The molecule has 0 saturated carbocycles. The third kappa shape index (κ3) is 3.77. The van der Waals surface area contributed by atoms with Crippen molar-refractivity contribution in [2.24, 2.45) is 0 Å². The molecule has 2 aromatic rings. The van der Waals surface area contributed by atoms with Gasteiger partial charge in [-0.15, -0.1) is 0 Å². The minimum Gasteiger partial charge on any atom is -0.394 e. The molecule has 2 fully saturated rings. The van der Waals surface area contributed by atoms with Gasteiger partial charge < -0.3 is 19.8 Å². The average Bonchev–Trinajstić information content (AvgIpc) is 2.79. The molecule has 2 heterocycles. The normalized spacial score (nSPS) is 22.2. The zero-order chi connectivity index (χ0) is 23.0. The molecular formula is C25H29N3O4. The lowest BCUT2D eigenvalue weighted by Gasteiger charge is -2.58. The second kappa shape index (κ2) is 8.74. The van der Waals surface area contributed by atoms with Gasteiger partial charge in [-0.25, -0.2) is 0 Å². The summed E-state index contributed by atoms with van der Waals surface area (Å²) in [4.78, 5) is 42.0. The van der Waals surface area contributed by atoms with Gasteiger partial charge in [-0.2, -0.15) is 0 Å². The summed E-state index contributed by atoms with van der Waals surface area (Å²) >= 11 is 0. The summed E-state index contributed by atoms with van der Waals surface area (Å²) in [6.45, 7) is 2.28. The van der Waals surface area contributed by atoms with Crippen LogP contribution in [0.5, 0.6) is 0 Å². The molecule has 4 rings (SSSR count). The first kappa shape index (κ1) is 22.0. The maximum Gasteiger partial charge on any atom is 0.253 e. The molecule has 1 N–H and O–H groups in total. The number of nitrogens with zero attached hydrogens (tertiary/aromatic N) is 3. The summed E-state index contributed by atoms with van der Waals surface area (Å²) in [7, 11) is 3.46. The molecule has 2 aliphatic heterocycles. The van der Waals surface area contributed by atoms with Crippen LogP contribution in [0.4, 0.5) is 0 Å². The number of rotatable bonds is 5. The molecule has 168 valence electrons. The van der Waals surface area contributed by atoms with Crippen LogP contribution in [0.15, 0.2) is 48.5 Å². The van der Waals surface area contributed by atoms with E-state index >= 15 is 0 Å². The van der Waals surface area contributed by atoms with Crippen LogP contribution in [0, 0.1) is 0 Å². The molecule has 2 saturated heterocycles. The van der Waals surface area contributed by atoms with Crippen LogP contribution in [0.3, 0.4) is 0 Å². The van der Waals surface area contributed by atoms with Gasteiger partial charge in [0.1, 0.15) is 0 Å². The predicted molar refractivity (Wildman–Crippen MR) is 121 cm³/mol. The summed E-state index contributed by atoms with van der Waals surface area (Å²) in [5.74, 6) is -0.187. The van der Waals surface area contributed by atoms with E-state index in [9.17, 15) is 19.5 Å². The molecule has 0 aliphatic carbocycles. The fraction of sp³-hybridized carbons (Fsp3) is 0.400. The Bertz CT molecular complexity index is 1030.